The number of nitrogens with one attached hydrogen (secondary N) is 3. The Kier molecular flexibility index (Phi) is 10.2. The zero-order chi connectivity index (χ0) is 21.0. The molecule has 3 N–H and O–H groups in total. The Labute approximate surface area is 175 Å². The van der Waals surface area contributed by atoms with Crippen LogP contribution in [0.5, 0.6) is 0 Å². The molecule has 0 atom stereocenters. The first-order chi connectivity index (χ1) is 14.0. The maximum absolute atomic E-state index is 12.4. The minimum absolute atomic E-state index is 0.239. The quantitative estimate of drug-likeness (QED) is 0.221. The lowest BCUT2D eigenvalue weighted by Gasteiger charge is -2.15. The van der Waals surface area contributed by atoms with E-state index in [1.807, 2.05) is 13.0 Å². The van der Waals surface area contributed by atoms with Crippen LogP contribution in [0.3, 0.4) is 0 Å². The summed E-state index contributed by atoms with van der Waals surface area (Å²) in [6.45, 7) is 4.62. The van der Waals surface area contributed by atoms with E-state index in [1.165, 1.54) is 38.4 Å². The Hall–Kier alpha value is -1.90. The predicted octanol–water partition coefficient (Wildman–Crippen LogP) is 2.56. The Bertz CT molecular complexity index is 791. The van der Waals surface area contributed by atoms with Gasteiger partial charge in [-0.3, -0.25) is 0 Å². The molecule has 1 aromatic carbocycles. The van der Waals surface area contributed by atoms with Gasteiger partial charge >= 0.3 is 0 Å². The standard InChI is InChI=1S/C21H34N4O3S/c1-3-22-21(23-13-12-18-8-5-4-6-9-18)24-17-19-10-7-11-20(16-19)29(26,27)25-14-15-28-2/h7-8,10-11,16,25H,3-6,9,12-15,17H2,1-2H3,(H2,22,23,24). The van der Waals surface area contributed by atoms with Crippen LogP contribution in [-0.2, 0) is 21.3 Å². The van der Waals surface area contributed by atoms with Gasteiger partial charge in [0.1, 0.15) is 0 Å². The molecule has 0 amide bonds. The average molecular weight is 423 g/mol. The number of nitrogens with zero attached hydrogens (tertiary/aromatic N) is 1. The molecule has 0 saturated heterocycles. The van der Waals surface area contributed by atoms with Crippen molar-refractivity contribution >= 4 is 16.0 Å². The third kappa shape index (κ3) is 8.55. The van der Waals surface area contributed by atoms with Gasteiger partial charge in [-0.2, -0.15) is 0 Å². The predicted molar refractivity (Wildman–Crippen MR) is 117 cm³/mol. The van der Waals surface area contributed by atoms with E-state index in [2.05, 4.69) is 26.4 Å². The van der Waals surface area contributed by atoms with Crippen LogP contribution in [-0.4, -0.2) is 47.7 Å². The van der Waals surface area contributed by atoms with E-state index in [-0.39, 0.29) is 11.4 Å². The fraction of sp³-hybridized carbons (Fsp3) is 0.571. The van der Waals surface area contributed by atoms with E-state index in [0.717, 1.165) is 31.0 Å². The molecule has 0 aliphatic heterocycles. The molecule has 0 unspecified atom stereocenters. The van der Waals surface area contributed by atoms with Gasteiger partial charge in [0, 0.05) is 26.7 Å². The first-order valence-electron chi connectivity index (χ1n) is 10.3. The van der Waals surface area contributed by atoms with Crippen LogP contribution >= 0.6 is 0 Å². The fourth-order valence-corrected chi connectivity index (χ4v) is 4.24. The van der Waals surface area contributed by atoms with Gasteiger partial charge in [-0.25, -0.2) is 18.1 Å². The summed E-state index contributed by atoms with van der Waals surface area (Å²) in [5.74, 6) is 0.746. The van der Waals surface area contributed by atoms with E-state index in [0.29, 0.717) is 13.2 Å². The molecule has 1 aliphatic carbocycles. The van der Waals surface area contributed by atoms with E-state index in [1.54, 1.807) is 18.2 Å². The van der Waals surface area contributed by atoms with Crippen LogP contribution in [0.15, 0.2) is 45.8 Å². The molecule has 7 nitrogen and oxygen atoms in total. The highest BCUT2D eigenvalue weighted by molar-refractivity contribution is 7.89. The van der Waals surface area contributed by atoms with Crippen LogP contribution in [0.4, 0.5) is 0 Å². The molecule has 162 valence electrons. The van der Waals surface area contributed by atoms with Gasteiger partial charge in [0.05, 0.1) is 18.0 Å². The Morgan fingerprint density at radius 3 is 2.79 bits per heavy atom. The van der Waals surface area contributed by atoms with Crippen molar-refractivity contribution in [3.63, 3.8) is 0 Å². The Balaban J connectivity index is 1.94. The van der Waals surface area contributed by atoms with E-state index in [4.69, 9.17) is 4.74 Å². The third-order valence-corrected chi connectivity index (χ3v) is 6.15. The molecule has 0 bridgehead atoms. The monoisotopic (exact) mass is 422 g/mol. The van der Waals surface area contributed by atoms with Gasteiger partial charge in [0.2, 0.25) is 10.0 Å². The first-order valence-corrected chi connectivity index (χ1v) is 11.8. The molecule has 0 spiro atoms. The molecule has 0 aromatic heterocycles. The van der Waals surface area contributed by atoms with Gasteiger partial charge < -0.3 is 15.4 Å². The zero-order valence-corrected chi connectivity index (χ0v) is 18.4. The van der Waals surface area contributed by atoms with E-state index >= 15 is 0 Å². The molecular formula is C21H34N4O3S. The highest BCUT2D eigenvalue weighted by atomic mass is 32.2. The Morgan fingerprint density at radius 2 is 2.07 bits per heavy atom. The second-order valence-electron chi connectivity index (χ2n) is 7.02. The minimum atomic E-state index is -3.55. The molecule has 0 fully saturated rings. The van der Waals surface area contributed by atoms with Crippen molar-refractivity contribution in [1.29, 1.82) is 0 Å². The SMILES string of the molecule is CCNC(=NCc1cccc(S(=O)(=O)NCCOC)c1)NCCC1=CCCCC1. The minimum Gasteiger partial charge on any atom is -0.383 e. The van der Waals surface area contributed by atoms with Crippen molar-refractivity contribution in [1.82, 2.24) is 15.4 Å². The van der Waals surface area contributed by atoms with Gasteiger partial charge in [0.25, 0.3) is 0 Å². The summed E-state index contributed by atoms with van der Waals surface area (Å²) in [7, 11) is -2.01. The van der Waals surface area contributed by atoms with Crippen LogP contribution in [0.25, 0.3) is 0 Å². The van der Waals surface area contributed by atoms with Gasteiger partial charge in [-0.15, -0.1) is 0 Å². The van der Waals surface area contributed by atoms with Crippen LogP contribution < -0.4 is 15.4 Å². The summed E-state index contributed by atoms with van der Waals surface area (Å²) in [4.78, 5) is 4.84. The number of hydrogen-bond acceptors (Lipinski definition) is 4. The number of benzene rings is 1. The molecule has 1 aliphatic rings. The number of ether oxygens (including phenoxy) is 1. The van der Waals surface area contributed by atoms with Gasteiger partial charge in [-0.1, -0.05) is 23.8 Å². The summed E-state index contributed by atoms with van der Waals surface area (Å²) in [6.07, 6.45) is 8.39. The lowest BCUT2D eigenvalue weighted by Crippen LogP contribution is -2.37. The maximum atomic E-state index is 12.4. The van der Waals surface area contributed by atoms with Crippen LogP contribution in [0.2, 0.25) is 0 Å². The molecule has 1 aromatic rings. The maximum Gasteiger partial charge on any atom is 0.240 e. The van der Waals surface area contributed by atoms with Crippen LogP contribution in [0, 0.1) is 0 Å². The van der Waals surface area contributed by atoms with Crippen molar-refractivity contribution in [2.24, 2.45) is 4.99 Å². The van der Waals surface area contributed by atoms with Crippen molar-refractivity contribution in [3.8, 4) is 0 Å². The number of allylic oxidation sites excluding steroid dienone is 1. The summed E-state index contributed by atoms with van der Waals surface area (Å²) >= 11 is 0. The zero-order valence-electron chi connectivity index (χ0n) is 17.5. The summed E-state index contributed by atoms with van der Waals surface area (Å²) < 4.78 is 32.1. The van der Waals surface area contributed by atoms with Crippen molar-refractivity contribution in [2.75, 3.05) is 33.4 Å². The highest BCUT2D eigenvalue weighted by Gasteiger charge is 2.13. The molecule has 8 heteroatoms. The summed E-state index contributed by atoms with van der Waals surface area (Å²) in [5, 5.41) is 6.62. The number of hydrogen-bond donors (Lipinski definition) is 3. The van der Waals surface area contributed by atoms with E-state index < -0.39 is 10.0 Å². The summed E-state index contributed by atoms with van der Waals surface area (Å²) in [5.41, 5.74) is 2.37. The lowest BCUT2D eigenvalue weighted by atomic mass is 9.97. The first kappa shape index (κ1) is 23.4. The molecule has 0 saturated carbocycles. The molecular weight excluding hydrogens is 388 g/mol. The number of methoxy groups -OCH3 is 1. The van der Waals surface area contributed by atoms with Crippen LogP contribution in [0.1, 0.15) is 44.6 Å². The molecule has 2 rings (SSSR count). The number of aliphatic imine (C=N–C) groups is 1. The normalized spacial score (nSPS) is 15.1. The fourth-order valence-electron chi connectivity index (χ4n) is 3.16. The van der Waals surface area contributed by atoms with Gasteiger partial charge in [-0.05, 0) is 56.7 Å². The van der Waals surface area contributed by atoms with Gasteiger partial charge in [0.15, 0.2) is 5.96 Å². The smallest absolute Gasteiger partial charge is 0.240 e. The highest BCUT2D eigenvalue weighted by Crippen LogP contribution is 2.19. The number of guanidine groups is 1. The molecule has 0 radical (unpaired) electrons. The molecule has 29 heavy (non-hydrogen) atoms. The van der Waals surface area contributed by atoms with E-state index in [9.17, 15) is 8.42 Å². The number of sulfonamides is 1. The van der Waals surface area contributed by atoms with Crippen molar-refractivity contribution < 1.29 is 13.2 Å². The van der Waals surface area contributed by atoms with Crippen molar-refractivity contribution in [3.05, 3.63) is 41.5 Å². The second kappa shape index (κ2) is 12.6. The second-order valence-corrected chi connectivity index (χ2v) is 8.79. The topological polar surface area (TPSA) is 91.8 Å². The van der Waals surface area contributed by atoms with Crippen molar-refractivity contribution in [2.45, 2.75) is 50.5 Å². The lowest BCUT2D eigenvalue weighted by molar-refractivity contribution is 0.204. The molecule has 0 heterocycles. The number of rotatable bonds is 11. The summed E-state index contributed by atoms with van der Waals surface area (Å²) in [6, 6.07) is 6.87. The largest absolute Gasteiger partial charge is 0.383 e. The average Bonchev–Trinajstić information content (AvgIpc) is 2.73. The Morgan fingerprint density at radius 1 is 1.21 bits per heavy atom. The third-order valence-electron chi connectivity index (χ3n) is 4.69.